The van der Waals surface area contributed by atoms with Crippen LogP contribution in [-0.4, -0.2) is 26.0 Å². The Labute approximate surface area is 91.2 Å². The second-order valence-electron chi connectivity index (χ2n) is 3.86. The van der Waals surface area contributed by atoms with Crippen LogP contribution >= 0.6 is 0 Å². The number of rotatable bonds is 4. The average molecular weight is 218 g/mol. The Balaban J connectivity index is 1.75. The average Bonchev–Trinajstić information content (AvgIpc) is 2.80. The minimum absolute atomic E-state index is 0.184. The summed E-state index contributed by atoms with van der Waals surface area (Å²) in [4.78, 5) is 12.8. The van der Waals surface area contributed by atoms with Crippen molar-refractivity contribution >= 4 is 5.78 Å². The van der Waals surface area contributed by atoms with Crippen LogP contribution in [0.3, 0.4) is 0 Å². The van der Waals surface area contributed by atoms with Gasteiger partial charge in [0.1, 0.15) is 6.54 Å². The largest absolute Gasteiger partial charge is 0.461 e. The van der Waals surface area contributed by atoms with Crippen LogP contribution in [0.5, 0.6) is 0 Å². The third-order valence-corrected chi connectivity index (χ3v) is 2.52. The molecule has 0 radical (unpaired) electrons. The SMILES string of the molecule is O=C(Cn1nnc(-c2ccco2)n1)C1CC1. The fourth-order valence-corrected chi connectivity index (χ4v) is 1.49. The molecule has 0 amide bonds. The number of carbonyl (C=O) groups is 1. The van der Waals surface area contributed by atoms with Gasteiger partial charge in [0.05, 0.1) is 6.26 Å². The first kappa shape index (κ1) is 9.26. The third kappa shape index (κ3) is 1.73. The summed E-state index contributed by atoms with van der Waals surface area (Å²) in [5.74, 6) is 1.38. The van der Waals surface area contributed by atoms with E-state index in [0.717, 1.165) is 12.8 Å². The molecule has 82 valence electrons. The molecule has 1 saturated carbocycles. The molecular weight excluding hydrogens is 208 g/mol. The van der Waals surface area contributed by atoms with Gasteiger partial charge in [0.2, 0.25) is 5.82 Å². The number of hydrogen-bond acceptors (Lipinski definition) is 5. The highest BCUT2D eigenvalue weighted by atomic mass is 16.3. The molecule has 0 aromatic carbocycles. The van der Waals surface area contributed by atoms with Crippen molar-refractivity contribution in [2.24, 2.45) is 5.92 Å². The zero-order valence-corrected chi connectivity index (χ0v) is 8.54. The van der Waals surface area contributed by atoms with Gasteiger partial charge in [0.15, 0.2) is 11.5 Å². The van der Waals surface area contributed by atoms with E-state index in [0.29, 0.717) is 11.6 Å². The lowest BCUT2D eigenvalue weighted by atomic mass is 10.3. The highest BCUT2D eigenvalue weighted by Gasteiger charge is 2.29. The lowest BCUT2D eigenvalue weighted by Crippen LogP contribution is -2.14. The number of furan rings is 1. The molecule has 0 atom stereocenters. The summed E-state index contributed by atoms with van der Waals surface area (Å²) in [6.07, 6.45) is 3.54. The monoisotopic (exact) mass is 218 g/mol. The molecule has 1 aliphatic carbocycles. The van der Waals surface area contributed by atoms with E-state index in [1.54, 1.807) is 18.4 Å². The van der Waals surface area contributed by atoms with Crippen molar-refractivity contribution in [2.45, 2.75) is 19.4 Å². The van der Waals surface area contributed by atoms with E-state index >= 15 is 0 Å². The van der Waals surface area contributed by atoms with Gasteiger partial charge in [-0.2, -0.15) is 4.80 Å². The van der Waals surface area contributed by atoms with Crippen LogP contribution < -0.4 is 0 Å². The van der Waals surface area contributed by atoms with Gasteiger partial charge in [-0.25, -0.2) is 0 Å². The van der Waals surface area contributed by atoms with Crippen LogP contribution in [0.2, 0.25) is 0 Å². The van der Waals surface area contributed by atoms with Crippen LogP contribution in [0.25, 0.3) is 11.6 Å². The molecule has 16 heavy (non-hydrogen) atoms. The first-order chi connectivity index (χ1) is 7.83. The highest BCUT2D eigenvalue weighted by molar-refractivity contribution is 5.82. The van der Waals surface area contributed by atoms with Gasteiger partial charge >= 0.3 is 0 Å². The molecule has 1 fully saturated rings. The smallest absolute Gasteiger partial charge is 0.240 e. The van der Waals surface area contributed by atoms with E-state index in [-0.39, 0.29) is 18.2 Å². The van der Waals surface area contributed by atoms with E-state index in [9.17, 15) is 4.79 Å². The van der Waals surface area contributed by atoms with E-state index in [2.05, 4.69) is 15.4 Å². The zero-order valence-electron chi connectivity index (χ0n) is 8.54. The maximum atomic E-state index is 11.5. The molecule has 6 nitrogen and oxygen atoms in total. The first-order valence-electron chi connectivity index (χ1n) is 5.17. The van der Waals surface area contributed by atoms with Gasteiger partial charge in [-0.1, -0.05) is 0 Å². The maximum absolute atomic E-state index is 11.5. The molecule has 0 bridgehead atoms. The molecule has 0 N–H and O–H groups in total. The Morgan fingerprint density at radius 1 is 1.56 bits per heavy atom. The summed E-state index contributed by atoms with van der Waals surface area (Å²) in [6.45, 7) is 0.207. The van der Waals surface area contributed by atoms with E-state index in [1.807, 2.05) is 0 Å². The Morgan fingerprint density at radius 3 is 3.12 bits per heavy atom. The summed E-state index contributed by atoms with van der Waals surface area (Å²) < 4.78 is 5.13. The molecular formula is C10H10N4O2. The molecule has 3 rings (SSSR count). The highest BCUT2D eigenvalue weighted by Crippen LogP contribution is 2.30. The Bertz CT molecular complexity index is 499. The minimum Gasteiger partial charge on any atom is -0.461 e. The Morgan fingerprint density at radius 2 is 2.44 bits per heavy atom. The van der Waals surface area contributed by atoms with Crippen molar-refractivity contribution in [2.75, 3.05) is 0 Å². The first-order valence-corrected chi connectivity index (χ1v) is 5.17. The summed E-state index contributed by atoms with van der Waals surface area (Å²) in [6, 6.07) is 3.51. The minimum atomic E-state index is 0.184. The molecule has 6 heteroatoms. The van der Waals surface area contributed by atoms with Crippen molar-refractivity contribution in [1.82, 2.24) is 20.2 Å². The number of Topliss-reactive ketones (excluding diaryl/α,β-unsaturated/α-hetero) is 1. The molecule has 0 spiro atoms. The van der Waals surface area contributed by atoms with Crippen LogP contribution in [0.1, 0.15) is 12.8 Å². The summed E-state index contributed by atoms with van der Waals surface area (Å²) in [5.41, 5.74) is 0. The molecule has 0 unspecified atom stereocenters. The quantitative estimate of drug-likeness (QED) is 0.762. The molecule has 1 aliphatic rings. The summed E-state index contributed by atoms with van der Waals surface area (Å²) in [7, 11) is 0. The van der Waals surface area contributed by atoms with Crippen molar-refractivity contribution in [3.63, 3.8) is 0 Å². The van der Waals surface area contributed by atoms with E-state index in [1.165, 1.54) is 4.80 Å². The lowest BCUT2D eigenvalue weighted by Gasteiger charge is -1.94. The van der Waals surface area contributed by atoms with Crippen LogP contribution in [0, 0.1) is 5.92 Å². The van der Waals surface area contributed by atoms with Gasteiger partial charge < -0.3 is 4.42 Å². The summed E-state index contributed by atoms with van der Waals surface area (Å²) >= 11 is 0. The van der Waals surface area contributed by atoms with Gasteiger partial charge in [-0.15, -0.1) is 10.2 Å². The second-order valence-corrected chi connectivity index (χ2v) is 3.86. The number of aromatic nitrogens is 4. The Hall–Kier alpha value is -1.98. The lowest BCUT2D eigenvalue weighted by molar-refractivity contribution is -0.121. The van der Waals surface area contributed by atoms with Crippen molar-refractivity contribution in [3.05, 3.63) is 18.4 Å². The second kappa shape index (κ2) is 3.55. The third-order valence-electron chi connectivity index (χ3n) is 2.52. The van der Waals surface area contributed by atoms with Crippen molar-refractivity contribution in [3.8, 4) is 11.6 Å². The molecule has 0 aliphatic heterocycles. The van der Waals surface area contributed by atoms with Gasteiger partial charge in [0, 0.05) is 5.92 Å². The van der Waals surface area contributed by atoms with Gasteiger partial charge in [-0.3, -0.25) is 4.79 Å². The Kier molecular flexibility index (Phi) is 2.05. The predicted molar refractivity (Wildman–Crippen MR) is 53.3 cm³/mol. The van der Waals surface area contributed by atoms with Crippen molar-refractivity contribution in [1.29, 1.82) is 0 Å². The number of hydrogen-bond donors (Lipinski definition) is 0. The van der Waals surface area contributed by atoms with Gasteiger partial charge in [-0.05, 0) is 30.2 Å². The fraction of sp³-hybridized carbons (Fsp3) is 0.400. The number of tetrazole rings is 1. The van der Waals surface area contributed by atoms with Crippen LogP contribution in [0.15, 0.2) is 22.8 Å². The van der Waals surface area contributed by atoms with E-state index < -0.39 is 0 Å². The molecule has 0 saturated heterocycles. The number of ketones is 1. The number of carbonyl (C=O) groups excluding carboxylic acids is 1. The fourth-order valence-electron chi connectivity index (χ4n) is 1.49. The van der Waals surface area contributed by atoms with Crippen LogP contribution in [0.4, 0.5) is 0 Å². The topological polar surface area (TPSA) is 73.8 Å². The van der Waals surface area contributed by atoms with Crippen molar-refractivity contribution < 1.29 is 9.21 Å². The zero-order chi connectivity index (χ0) is 11.0. The molecule has 2 heterocycles. The molecule has 2 aromatic heterocycles. The number of nitrogens with zero attached hydrogens (tertiary/aromatic N) is 4. The normalized spacial score (nSPS) is 15.2. The summed E-state index contributed by atoms with van der Waals surface area (Å²) in [5, 5.41) is 11.7. The predicted octanol–water partition coefficient (Wildman–Crippen LogP) is 0.912. The molecule has 2 aromatic rings. The van der Waals surface area contributed by atoms with E-state index in [4.69, 9.17) is 4.42 Å². The van der Waals surface area contributed by atoms with Gasteiger partial charge in [0.25, 0.3) is 0 Å². The standard InChI is InChI=1S/C10H10N4O2/c15-8(7-3-4-7)6-14-12-10(11-13-14)9-2-1-5-16-9/h1-2,5,7H,3-4,6H2. The maximum Gasteiger partial charge on any atom is 0.240 e. The van der Waals surface area contributed by atoms with Crippen LogP contribution in [-0.2, 0) is 11.3 Å².